The number of hydrogen-bond acceptors (Lipinski definition) is 4. The number of amides is 1. The second-order valence-corrected chi connectivity index (χ2v) is 6.37. The van der Waals surface area contributed by atoms with Crippen molar-refractivity contribution < 1.29 is 9.53 Å². The van der Waals surface area contributed by atoms with Crippen LogP contribution in [0.25, 0.3) is 5.69 Å². The molecule has 0 aromatic carbocycles. The number of hydrogen-bond donors (Lipinski definition) is 0. The van der Waals surface area contributed by atoms with E-state index in [1.54, 1.807) is 30.3 Å². The molecule has 0 aliphatic heterocycles. The van der Waals surface area contributed by atoms with E-state index in [-0.39, 0.29) is 5.15 Å². The Morgan fingerprint density at radius 3 is 2.64 bits per heavy atom. The summed E-state index contributed by atoms with van der Waals surface area (Å²) >= 11 is 6.14. The Bertz CT molecular complexity index is 691. The maximum atomic E-state index is 12.1. The maximum absolute atomic E-state index is 12.1. The minimum Gasteiger partial charge on any atom is -0.443 e. The lowest BCUT2D eigenvalue weighted by Crippen LogP contribution is -2.34. The zero-order valence-corrected chi connectivity index (χ0v) is 14.0. The number of pyridine rings is 1. The van der Waals surface area contributed by atoms with Gasteiger partial charge < -0.3 is 4.74 Å². The summed E-state index contributed by atoms with van der Waals surface area (Å²) in [6.45, 7) is 7.36. The van der Waals surface area contributed by atoms with E-state index in [0.717, 1.165) is 11.3 Å². The van der Waals surface area contributed by atoms with Crippen molar-refractivity contribution in [3.8, 4) is 5.69 Å². The van der Waals surface area contributed by atoms with E-state index in [2.05, 4.69) is 10.1 Å². The fourth-order valence-corrected chi connectivity index (χ4v) is 2.05. The number of carbonyl (C=O) groups excluding carboxylic acids is 1. The molecule has 0 spiro atoms. The molecular formula is C15H19ClN4O2. The molecule has 0 saturated heterocycles. The minimum absolute atomic E-state index is 0.217. The smallest absolute Gasteiger partial charge is 0.414 e. The van der Waals surface area contributed by atoms with Gasteiger partial charge in [-0.15, -0.1) is 0 Å². The van der Waals surface area contributed by atoms with Crippen LogP contribution in [0, 0.1) is 6.92 Å². The molecule has 1 amide bonds. The number of ether oxygens (including phenoxy) is 1. The monoisotopic (exact) mass is 322 g/mol. The molecule has 0 aliphatic carbocycles. The molecule has 0 N–H and O–H groups in total. The van der Waals surface area contributed by atoms with Gasteiger partial charge >= 0.3 is 6.09 Å². The number of nitrogens with zero attached hydrogens (tertiary/aromatic N) is 4. The number of anilines is 1. The predicted octanol–water partition coefficient (Wildman–Crippen LogP) is 3.60. The molecule has 2 aromatic rings. The Morgan fingerprint density at radius 1 is 1.36 bits per heavy atom. The van der Waals surface area contributed by atoms with Crippen LogP contribution in [0.4, 0.5) is 10.5 Å². The van der Waals surface area contributed by atoms with E-state index in [4.69, 9.17) is 16.3 Å². The van der Waals surface area contributed by atoms with Crippen LogP contribution in [0.1, 0.15) is 26.3 Å². The standard InChI is InChI=1S/C15H19ClN4O2/c1-10-6-11(8-17-7-10)20-9-12(13(16)18-20)19(5)14(21)22-15(2,3)4/h6-9H,1-5H3. The molecule has 0 fully saturated rings. The summed E-state index contributed by atoms with van der Waals surface area (Å²) in [7, 11) is 1.59. The van der Waals surface area contributed by atoms with Gasteiger partial charge in [0.15, 0.2) is 5.15 Å². The molecule has 7 heteroatoms. The lowest BCUT2D eigenvalue weighted by molar-refractivity contribution is 0.0589. The van der Waals surface area contributed by atoms with Crippen molar-refractivity contribution in [2.45, 2.75) is 33.3 Å². The normalized spacial score (nSPS) is 11.4. The van der Waals surface area contributed by atoms with Crippen molar-refractivity contribution in [3.63, 3.8) is 0 Å². The Labute approximate surface area is 134 Å². The predicted molar refractivity (Wildman–Crippen MR) is 85.7 cm³/mol. The number of aryl methyl sites for hydroxylation is 1. The van der Waals surface area contributed by atoms with Crippen LogP contribution < -0.4 is 4.90 Å². The largest absolute Gasteiger partial charge is 0.443 e. The van der Waals surface area contributed by atoms with Crippen LogP contribution in [0.2, 0.25) is 5.15 Å². The molecule has 0 saturated carbocycles. The first-order valence-electron chi connectivity index (χ1n) is 6.81. The summed E-state index contributed by atoms with van der Waals surface area (Å²) in [5.41, 5.74) is 1.67. The number of carbonyl (C=O) groups is 1. The van der Waals surface area contributed by atoms with Gasteiger partial charge in [0, 0.05) is 13.2 Å². The first-order chi connectivity index (χ1) is 10.2. The Kier molecular flexibility index (Phi) is 4.42. The van der Waals surface area contributed by atoms with Crippen LogP contribution in [0.15, 0.2) is 24.7 Å². The van der Waals surface area contributed by atoms with Crippen LogP contribution in [-0.4, -0.2) is 33.5 Å². The van der Waals surface area contributed by atoms with Crippen molar-refractivity contribution in [2.24, 2.45) is 0 Å². The topological polar surface area (TPSA) is 60.2 Å². The van der Waals surface area contributed by atoms with Gasteiger partial charge in [0.2, 0.25) is 0 Å². The van der Waals surface area contributed by atoms with Crippen molar-refractivity contribution in [3.05, 3.63) is 35.4 Å². The highest BCUT2D eigenvalue weighted by atomic mass is 35.5. The van der Waals surface area contributed by atoms with Gasteiger partial charge in [0.1, 0.15) is 11.3 Å². The third-order valence-electron chi connectivity index (χ3n) is 2.81. The molecule has 0 radical (unpaired) electrons. The highest BCUT2D eigenvalue weighted by Gasteiger charge is 2.23. The van der Waals surface area contributed by atoms with E-state index in [9.17, 15) is 4.79 Å². The van der Waals surface area contributed by atoms with Gasteiger partial charge in [0.05, 0.1) is 18.1 Å². The van der Waals surface area contributed by atoms with E-state index >= 15 is 0 Å². The zero-order valence-electron chi connectivity index (χ0n) is 13.3. The fourth-order valence-electron chi connectivity index (χ4n) is 1.79. The van der Waals surface area contributed by atoms with Gasteiger partial charge in [-0.05, 0) is 39.3 Å². The molecule has 2 heterocycles. The van der Waals surface area contributed by atoms with Crippen molar-refractivity contribution in [1.82, 2.24) is 14.8 Å². The average Bonchev–Trinajstić information content (AvgIpc) is 2.78. The molecule has 0 unspecified atom stereocenters. The fraction of sp³-hybridized carbons (Fsp3) is 0.400. The molecule has 6 nitrogen and oxygen atoms in total. The summed E-state index contributed by atoms with van der Waals surface area (Å²) < 4.78 is 6.90. The van der Waals surface area contributed by atoms with Crippen molar-refractivity contribution in [2.75, 3.05) is 11.9 Å². The zero-order chi connectivity index (χ0) is 16.5. The second-order valence-electron chi connectivity index (χ2n) is 6.01. The quantitative estimate of drug-likeness (QED) is 0.847. The first kappa shape index (κ1) is 16.3. The summed E-state index contributed by atoms with van der Waals surface area (Å²) in [4.78, 5) is 17.6. The number of halogens is 1. The summed E-state index contributed by atoms with van der Waals surface area (Å²) in [6.07, 6.45) is 4.61. The van der Waals surface area contributed by atoms with E-state index in [1.807, 2.05) is 33.8 Å². The molecule has 2 aromatic heterocycles. The molecule has 118 valence electrons. The second kappa shape index (κ2) is 5.96. The lowest BCUT2D eigenvalue weighted by Gasteiger charge is -2.23. The third kappa shape index (κ3) is 3.76. The van der Waals surface area contributed by atoms with Gasteiger partial charge in [-0.2, -0.15) is 5.10 Å². The molecule has 22 heavy (non-hydrogen) atoms. The SMILES string of the molecule is Cc1cncc(-n2cc(N(C)C(=O)OC(C)(C)C)c(Cl)n2)c1. The molecule has 0 atom stereocenters. The Morgan fingerprint density at radius 2 is 2.05 bits per heavy atom. The van der Waals surface area contributed by atoms with Crippen LogP contribution >= 0.6 is 11.6 Å². The Hall–Kier alpha value is -2.08. The minimum atomic E-state index is -0.575. The van der Waals surface area contributed by atoms with E-state index in [0.29, 0.717) is 5.69 Å². The van der Waals surface area contributed by atoms with Crippen molar-refractivity contribution in [1.29, 1.82) is 0 Å². The average molecular weight is 323 g/mol. The summed E-state index contributed by atoms with van der Waals surface area (Å²) in [5.74, 6) is 0. The summed E-state index contributed by atoms with van der Waals surface area (Å²) in [5, 5.41) is 4.43. The molecule has 2 rings (SSSR count). The highest BCUT2D eigenvalue weighted by Crippen LogP contribution is 2.26. The third-order valence-corrected chi connectivity index (χ3v) is 3.07. The number of rotatable bonds is 2. The van der Waals surface area contributed by atoms with E-state index < -0.39 is 11.7 Å². The lowest BCUT2D eigenvalue weighted by atomic mass is 10.2. The molecule has 0 bridgehead atoms. The van der Waals surface area contributed by atoms with Gasteiger partial charge in [-0.1, -0.05) is 11.6 Å². The Balaban J connectivity index is 2.28. The van der Waals surface area contributed by atoms with Crippen LogP contribution in [0.5, 0.6) is 0 Å². The number of aromatic nitrogens is 3. The first-order valence-corrected chi connectivity index (χ1v) is 7.19. The van der Waals surface area contributed by atoms with Gasteiger partial charge in [-0.3, -0.25) is 9.88 Å². The highest BCUT2D eigenvalue weighted by molar-refractivity contribution is 6.32. The molecule has 0 aliphatic rings. The van der Waals surface area contributed by atoms with Crippen LogP contribution in [0.3, 0.4) is 0 Å². The van der Waals surface area contributed by atoms with Crippen LogP contribution in [-0.2, 0) is 4.74 Å². The van der Waals surface area contributed by atoms with Gasteiger partial charge in [0.25, 0.3) is 0 Å². The maximum Gasteiger partial charge on any atom is 0.414 e. The summed E-state index contributed by atoms with van der Waals surface area (Å²) in [6, 6.07) is 1.92. The van der Waals surface area contributed by atoms with E-state index in [1.165, 1.54) is 4.90 Å². The molecular weight excluding hydrogens is 304 g/mol. The van der Waals surface area contributed by atoms with Crippen molar-refractivity contribution >= 4 is 23.4 Å². The van der Waals surface area contributed by atoms with Gasteiger partial charge in [-0.25, -0.2) is 9.48 Å².